The summed E-state index contributed by atoms with van der Waals surface area (Å²) in [6.07, 6.45) is 0. The Morgan fingerprint density at radius 3 is 2.35 bits per heavy atom. The summed E-state index contributed by atoms with van der Waals surface area (Å²) in [5.41, 5.74) is 1.79. The van der Waals surface area contributed by atoms with Crippen LogP contribution in [-0.2, 0) is 23.1 Å². The van der Waals surface area contributed by atoms with Crippen LogP contribution in [-0.4, -0.2) is 70.0 Å². The van der Waals surface area contributed by atoms with Crippen LogP contribution in [0.1, 0.15) is 42.3 Å². The Hall–Kier alpha value is -2.46. The zero-order valence-electron chi connectivity index (χ0n) is 20.7. The van der Waals surface area contributed by atoms with E-state index < -0.39 is 15.6 Å². The average molecular weight is 489 g/mol. The molecule has 0 atom stereocenters. The normalized spacial score (nSPS) is 15.8. The Morgan fingerprint density at radius 2 is 1.71 bits per heavy atom. The average Bonchev–Trinajstić information content (AvgIpc) is 2.77. The molecule has 9 heteroatoms. The van der Waals surface area contributed by atoms with E-state index in [0.29, 0.717) is 6.54 Å². The van der Waals surface area contributed by atoms with Gasteiger partial charge in [-0.1, -0.05) is 24.3 Å². The zero-order chi connectivity index (χ0) is 24.9. The van der Waals surface area contributed by atoms with Crippen molar-refractivity contribution < 1.29 is 17.9 Å². The fourth-order valence-electron chi connectivity index (χ4n) is 3.87. The summed E-state index contributed by atoms with van der Waals surface area (Å²) in [6.45, 7) is 10.7. The maximum Gasteiger partial charge on any atom is 0.251 e. The number of carbonyl (C=O) groups excluding carboxylic acids is 1. The predicted octanol–water partition coefficient (Wildman–Crippen LogP) is 2.45. The number of carbonyl (C=O) groups is 1. The molecule has 8 nitrogen and oxygen atoms in total. The van der Waals surface area contributed by atoms with Crippen molar-refractivity contribution >= 4 is 15.9 Å². The van der Waals surface area contributed by atoms with Gasteiger partial charge in [0, 0.05) is 50.4 Å². The van der Waals surface area contributed by atoms with Crippen molar-refractivity contribution in [2.75, 3.05) is 40.3 Å². The minimum atomic E-state index is -3.87. The molecule has 3 rings (SSSR count). The number of nitrogens with zero attached hydrogens (tertiary/aromatic N) is 2. The molecule has 1 saturated heterocycles. The molecular formula is C25H36N4O4S. The van der Waals surface area contributed by atoms with Crippen LogP contribution in [0.25, 0.3) is 0 Å². The first kappa shape index (κ1) is 26.2. The molecule has 1 fully saturated rings. The van der Waals surface area contributed by atoms with Gasteiger partial charge >= 0.3 is 0 Å². The van der Waals surface area contributed by atoms with Gasteiger partial charge in [-0.15, -0.1) is 0 Å². The van der Waals surface area contributed by atoms with Gasteiger partial charge in [0.1, 0.15) is 10.6 Å². The summed E-state index contributed by atoms with van der Waals surface area (Å²) in [5, 5.41) is 2.90. The lowest BCUT2D eigenvalue weighted by Gasteiger charge is -2.32. The minimum absolute atomic E-state index is 0.0632. The van der Waals surface area contributed by atoms with E-state index in [1.165, 1.54) is 24.8 Å². The molecule has 186 valence electrons. The number of piperazine rings is 1. The van der Waals surface area contributed by atoms with Crippen LogP contribution in [0.3, 0.4) is 0 Å². The van der Waals surface area contributed by atoms with E-state index in [1.54, 1.807) is 26.8 Å². The number of benzene rings is 2. The summed E-state index contributed by atoms with van der Waals surface area (Å²) in [7, 11) is -0.325. The van der Waals surface area contributed by atoms with Crippen LogP contribution >= 0.6 is 0 Å². The standard InChI is InChI=1S/C25H36N4O4S/c1-25(2,3)27-34(31,32)23-16-21(9-10-22(23)33-5)24(30)26-17-19-7-6-8-20(15-19)18-29-13-11-28(4)12-14-29/h6-10,15-16,27H,11-14,17-18H2,1-5H3,(H,26,30). The summed E-state index contributed by atoms with van der Waals surface area (Å²) >= 11 is 0. The molecule has 2 aromatic rings. The second-order valence-electron chi connectivity index (χ2n) is 9.80. The Labute approximate surface area is 203 Å². The maximum absolute atomic E-state index is 12.9. The van der Waals surface area contributed by atoms with Gasteiger partial charge in [0.15, 0.2) is 0 Å². The van der Waals surface area contributed by atoms with Crippen LogP contribution in [0.4, 0.5) is 0 Å². The van der Waals surface area contributed by atoms with Gasteiger partial charge in [-0.2, -0.15) is 0 Å². The summed E-state index contributed by atoms with van der Waals surface area (Å²) in [4.78, 5) is 17.5. The van der Waals surface area contributed by atoms with Crippen molar-refractivity contribution in [3.8, 4) is 5.75 Å². The van der Waals surface area contributed by atoms with Crippen LogP contribution < -0.4 is 14.8 Å². The van der Waals surface area contributed by atoms with Gasteiger partial charge in [0.2, 0.25) is 10.0 Å². The van der Waals surface area contributed by atoms with E-state index in [4.69, 9.17) is 4.74 Å². The van der Waals surface area contributed by atoms with Crippen molar-refractivity contribution in [3.63, 3.8) is 0 Å². The van der Waals surface area contributed by atoms with Crippen molar-refractivity contribution in [1.82, 2.24) is 19.8 Å². The van der Waals surface area contributed by atoms with Crippen LogP contribution in [0.5, 0.6) is 5.75 Å². The molecule has 1 heterocycles. The molecule has 0 aromatic heterocycles. The fourth-order valence-corrected chi connectivity index (χ4v) is 5.49. The van der Waals surface area contributed by atoms with Crippen molar-refractivity contribution in [1.29, 1.82) is 0 Å². The topological polar surface area (TPSA) is 91.0 Å². The Morgan fingerprint density at radius 1 is 1.03 bits per heavy atom. The van der Waals surface area contributed by atoms with Gasteiger partial charge in [0.05, 0.1) is 7.11 Å². The van der Waals surface area contributed by atoms with Crippen LogP contribution in [0, 0.1) is 0 Å². The molecule has 0 spiro atoms. The second-order valence-corrected chi connectivity index (χ2v) is 11.5. The van der Waals surface area contributed by atoms with Gasteiger partial charge in [0.25, 0.3) is 5.91 Å². The lowest BCUT2D eigenvalue weighted by Crippen LogP contribution is -2.43. The van der Waals surface area contributed by atoms with Gasteiger partial charge in [-0.3, -0.25) is 9.69 Å². The Bertz CT molecular complexity index is 1100. The molecule has 2 N–H and O–H groups in total. The number of hydrogen-bond donors (Lipinski definition) is 2. The van der Waals surface area contributed by atoms with E-state index in [2.05, 4.69) is 39.0 Å². The quantitative estimate of drug-likeness (QED) is 0.593. The third kappa shape index (κ3) is 7.27. The van der Waals surface area contributed by atoms with E-state index >= 15 is 0 Å². The largest absolute Gasteiger partial charge is 0.495 e. The number of nitrogens with one attached hydrogen (secondary N) is 2. The highest BCUT2D eigenvalue weighted by molar-refractivity contribution is 7.89. The van der Waals surface area contributed by atoms with Gasteiger partial charge in [-0.25, -0.2) is 13.1 Å². The molecule has 2 aromatic carbocycles. The number of ether oxygens (including phenoxy) is 1. The predicted molar refractivity (Wildman–Crippen MR) is 133 cm³/mol. The minimum Gasteiger partial charge on any atom is -0.495 e. The monoisotopic (exact) mass is 488 g/mol. The molecule has 1 aliphatic rings. The maximum atomic E-state index is 12.9. The smallest absolute Gasteiger partial charge is 0.251 e. The molecule has 34 heavy (non-hydrogen) atoms. The third-order valence-corrected chi connectivity index (χ3v) is 7.38. The Kier molecular flexibility index (Phi) is 8.35. The van der Waals surface area contributed by atoms with Crippen LogP contribution in [0.2, 0.25) is 0 Å². The van der Waals surface area contributed by atoms with E-state index in [1.807, 2.05) is 12.1 Å². The lowest BCUT2D eigenvalue weighted by atomic mass is 10.1. The first-order valence-corrected chi connectivity index (χ1v) is 12.9. The van der Waals surface area contributed by atoms with Crippen LogP contribution in [0.15, 0.2) is 47.4 Å². The van der Waals surface area contributed by atoms with E-state index in [9.17, 15) is 13.2 Å². The highest BCUT2D eigenvalue weighted by Crippen LogP contribution is 2.26. The SMILES string of the molecule is COc1ccc(C(=O)NCc2cccc(CN3CCN(C)CC3)c2)cc1S(=O)(=O)NC(C)(C)C. The van der Waals surface area contributed by atoms with E-state index in [0.717, 1.165) is 38.3 Å². The molecule has 0 saturated carbocycles. The molecule has 0 unspecified atom stereocenters. The first-order chi connectivity index (χ1) is 16.0. The first-order valence-electron chi connectivity index (χ1n) is 11.5. The summed E-state index contributed by atoms with van der Waals surface area (Å²) in [5.74, 6) is -0.163. The molecule has 0 radical (unpaired) electrons. The highest BCUT2D eigenvalue weighted by Gasteiger charge is 2.26. The summed E-state index contributed by atoms with van der Waals surface area (Å²) in [6, 6.07) is 12.6. The number of rotatable bonds is 8. The second kappa shape index (κ2) is 10.9. The van der Waals surface area contributed by atoms with Crippen molar-refractivity contribution in [3.05, 3.63) is 59.2 Å². The third-order valence-electron chi connectivity index (χ3n) is 5.60. The van der Waals surface area contributed by atoms with Crippen molar-refractivity contribution in [2.24, 2.45) is 0 Å². The summed E-state index contributed by atoms with van der Waals surface area (Å²) < 4.78 is 33.6. The Balaban J connectivity index is 1.68. The lowest BCUT2D eigenvalue weighted by molar-refractivity contribution is 0.0950. The molecule has 0 bridgehead atoms. The number of methoxy groups -OCH3 is 1. The zero-order valence-corrected chi connectivity index (χ0v) is 21.5. The highest BCUT2D eigenvalue weighted by atomic mass is 32.2. The van der Waals surface area contributed by atoms with Gasteiger partial charge < -0.3 is 15.0 Å². The number of likely N-dealkylation sites (N-methyl/N-ethyl adjacent to an activating group) is 1. The molecular weight excluding hydrogens is 452 g/mol. The van der Waals surface area contributed by atoms with E-state index in [-0.39, 0.29) is 22.1 Å². The van der Waals surface area contributed by atoms with Gasteiger partial charge in [-0.05, 0) is 57.1 Å². The number of sulfonamides is 1. The molecule has 0 aliphatic carbocycles. The van der Waals surface area contributed by atoms with Crippen molar-refractivity contribution in [2.45, 2.75) is 44.3 Å². The fraction of sp³-hybridized carbons (Fsp3) is 0.480. The number of amides is 1. The molecule has 1 amide bonds. The molecule has 1 aliphatic heterocycles. The number of hydrogen-bond acceptors (Lipinski definition) is 6.